The highest BCUT2D eigenvalue weighted by Crippen LogP contribution is 2.36. The minimum absolute atomic E-state index is 0.0000463. The van der Waals surface area contributed by atoms with Gasteiger partial charge >= 0.3 is 5.69 Å². The minimum atomic E-state index is -0.372. The van der Waals surface area contributed by atoms with Crippen LogP contribution < -0.4 is 10.2 Å². The van der Waals surface area contributed by atoms with Crippen molar-refractivity contribution in [3.05, 3.63) is 16.4 Å². The molecule has 0 radical (unpaired) electrons. The minimum Gasteiger partial charge on any atom is -0.364 e. The molecule has 1 aromatic heterocycles. The quantitative estimate of drug-likeness (QED) is 0.556. The van der Waals surface area contributed by atoms with Crippen molar-refractivity contribution in [3.8, 4) is 0 Å². The molecule has 1 aromatic rings. The maximum Gasteiger partial charge on any atom is 0.353 e. The SMILES string of the molecule is CCCNc1ncnc(N(CCC)CC2CC2)c1[N+](=O)[O-]. The van der Waals surface area contributed by atoms with E-state index in [0.29, 0.717) is 24.1 Å². The van der Waals surface area contributed by atoms with Crippen LogP contribution in [0, 0.1) is 16.0 Å². The van der Waals surface area contributed by atoms with Crippen LogP contribution in [-0.4, -0.2) is 34.5 Å². The number of hydrogen-bond donors (Lipinski definition) is 1. The van der Waals surface area contributed by atoms with Crippen LogP contribution in [0.15, 0.2) is 6.33 Å². The van der Waals surface area contributed by atoms with Crippen LogP contribution in [0.4, 0.5) is 17.3 Å². The highest BCUT2D eigenvalue weighted by atomic mass is 16.6. The van der Waals surface area contributed by atoms with Crippen molar-refractivity contribution in [1.29, 1.82) is 0 Å². The van der Waals surface area contributed by atoms with Crippen molar-refractivity contribution in [2.24, 2.45) is 5.92 Å². The predicted octanol–water partition coefficient (Wildman–Crippen LogP) is 2.83. The molecule has 1 aliphatic carbocycles. The van der Waals surface area contributed by atoms with Crippen molar-refractivity contribution in [1.82, 2.24) is 9.97 Å². The fraction of sp³-hybridized carbons (Fsp3) is 0.714. The van der Waals surface area contributed by atoms with Gasteiger partial charge in [-0.3, -0.25) is 10.1 Å². The molecule has 7 nitrogen and oxygen atoms in total. The predicted molar refractivity (Wildman–Crippen MR) is 82.7 cm³/mol. The van der Waals surface area contributed by atoms with E-state index >= 15 is 0 Å². The lowest BCUT2D eigenvalue weighted by Crippen LogP contribution is -2.28. The van der Waals surface area contributed by atoms with Crippen LogP contribution in [0.2, 0.25) is 0 Å². The second kappa shape index (κ2) is 7.19. The van der Waals surface area contributed by atoms with Crippen LogP contribution in [0.5, 0.6) is 0 Å². The normalized spacial score (nSPS) is 14.0. The lowest BCUT2D eigenvalue weighted by Gasteiger charge is -2.23. The van der Waals surface area contributed by atoms with Crippen molar-refractivity contribution >= 4 is 17.3 Å². The monoisotopic (exact) mass is 293 g/mol. The zero-order chi connectivity index (χ0) is 15.2. The van der Waals surface area contributed by atoms with Crippen molar-refractivity contribution in [2.75, 3.05) is 29.9 Å². The summed E-state index contributed by atoms with van der Waals surface area (Å²) in [5.41, 5.74) is 0.0000463. The molecule has 21 heavy (non-hydrogen) atoms. The zero-order valence-corrected chi connectivity index (χ0v) is 12.7. The standard InChI is InChI=1S/C14H23N5O2/c1-3-7-15-13-12(19(20)21)14(17-10-16-13)18(8-4-2)9-11-5-6-11/h10-11H,3-9H2,1-2H3,(H,15,16,17). The van der Waals surface area contributed by atoms with Gasteiger partial charge in [0.15, 0.2) is 0 Å². The van der Waals surface area contributed by atoms with Gasteiger partial charge in [-0.05, 0) is 31.6 Å². The summed E-state index contributed by atoms with van der Waals surface area (Å²) in [7, 11) is 0. The summed E-state index contributed by atoms with van der Waals surface area (Å²) in [5, 5.41) is 14.5. The Kier molecular flexibility index (Phi) is 5.30. The first-order valence-electron chi connectivity index (χ1n) is 7.65. The van der Waals surface area contributed by atoms with Crippen LogP contribution >= 0.6 is 0 Å². The maximum absolute atomic E-state index is 11.5. The lowest BCUT2D eigenvalue weighted by atomic mass is 10.3. The highest BCUT2D eigenvalue weighted by molar-refractivity contribution is 5.70. The number of nitrogens with one attached hydrogen (secondary N) is 1. The van der Waals surface area contributed by atoms with E-state index in [2.05, 4.69) is 22.2 Å². The molecule has 0 aliphatic heterocycles. The maximum atomic E-state index is 11.5. The molecule has 1 N–H and O–H groups in total. The second-order valence-electron chi connectivity index (χ2n) is 5.47. The van der Waals surface area contributed by atoms with Crippen LogP contribution in [-0.2, 0) is 0 Å². The third-order valence-corrected chi connectivity index (χ3v) is 3.50. The molecule has 0 unspecified atom stereocenters. The molecule has 116 valence electrons. The average molecular weight is 293 g/mol. The Hall–Kier alpha value is -1.92. The molecular formula is C14H23N5O2. The number of nitrogens with zero attached hydrogens (tertiary/aromatic N) is 4. The smallest absolute Gasteiger partial charge is 0.353 e. The van der Waals surface area contributed by atoms with E-state index < -0.39 is 0 Å². The van der Waals surface area contributed by atoms with Crippen LogP contribution in [0.1, 0.15) is 39.5 Å². The van der Waals surface area contributed by atoms with Crippen LogP contribution in [0.25, 0.3) is 0 Å². The molecule has 0 aromatic carbocycles. The van der Waals surface area contributed by atoms with Gasteiger partial charge in [-0.15, -0.1) is 0 Å². The van der Waals surface area contributed by atoms with Gasteiger partial charge in [-0.2, -0.15) is 0 Å². The summed E-state index contributed by atoms with van der Waals surface area (Å²) < 4.78 is 0. The molecule has 0 bridgehead atoms. The molecule has 0 spiro atoms. The van der Waals surface area contributed by atoms with Crippen molar-refractivity contribution < 1.29 is 4.92 Å². The van der Waals surface area contributed by atoms with E-state index in [-0.39, 0.29) is 10.6 Å². The Labute approximate surface area is 124 Å². The Balaban J connectivity index is 2.31. The van der Waals surface area contributed by atoms with E-state index in [0.717, 1.165) is 25.9 Å². The molecule has 2 rings (SSSR count). The number of anilines is 2. The largest absolute Gasteiger partial charge is 0.364 e. The lowest BCUT2D eigenvalue weighted by molar-refractivity contribution is -0.383. The van der Waals surface area contributed by atoms with Gasteiger partial charge in [0.1, 0.15) is 6.33 Å². The zero-order valence-electron chi connectivity index (χ0n) is 12.7. The Morgan fingerprint density at radius 2 is 2.14 bits per heavy atom. The Bertz CT molecular complexity index is 490. The van der Waals surface area contributed by atoms with Gasteiger partial charge in [-0.25, -0.2) is 9.97 Å². The molecule has 0 saturated heterocycles. The molecule has 1 saturated carbocycles. The third kappa shape index (κ3) is 4.03. The third-order valence-electron chi connectivity index (χ3n) is 3.50. The van der Waals surface area contributed by atoms with Crippen LogP contribution in [0.3, 0.4) is 0 Å². The highest BCUT2D eigenvalue weighted by Gasteiger charge is 2.30. The summed E-state index contributed by atoms with van der Waals surface area (Å²) in [4.78, 5) is 21.4. The molecule has 7 heteroatoms. The van der Waals surface area contributed by atoms with Crippen molar-refractivity contribution in [2.45, 2.75) is 39.5 Å². The Morgan fingerprint density at radius 3 is 2.71 bits per heavy atom. The van der Waals surface area contributed by atoms with Gasteiger partial charge in [0, 0.05) is 19.6 Å². The average Bonchev–Trinajstić information content (AvgIpc) is 3.28. The van der Waals surface area contributed by atoms with Crippen molar-refractivity contribution in [3.63, 3.8) is 0 Å². The van der Waals surface area contributed by atoms with Gasteiger partial charge in [0.2, 0.25) is 11.6 Å². The second-order valence-corrected chi connectivity index (χ2v) is 5.47. The summed E-state index contributed by atoms with van der Waals surface area (Å²) in [6.45, 7) is 6.37. The molecule has 1 heterocycles. The van der Waals surface area contributed by atoms with Gasteiger partial charge in [0.25, 0.3) is 0 Å². The molecule has 1 aliphatic rings. The number of nitro groups is 1. The molecular weight excluding hydrogens is 270 g/mol. The Morgan fingerprint density at radius 1 is 1.38 bits per heavy atom. The van der Waals surface area contributed by atoms with Gasteiger partial charge in [-0.1, -0.05) is 13.8 Å². The van der Waals surface area contributed by atoms with E-state index in [9.17, 15) is 10.1 Å². The number of hydrogen-bond acceptors (Lipinski definition) is 6. The van der Waals surface area contributed by atoms with E-state index in [1.165, 1.54) is 19.2 Å². The fourth-order valence-electron chi connectivity index (χ4n) is 2.31. The fourth-order valence-corrected chi connectivity index (χ4v) is 2.31. The number of aromatic nitrogens is 2. The summed E-state index contributed by atoms with van der Waals surface area (Å²) in [6.07, 6.45) is 5.65. The summed E-state index contributed by atoms with van der Waals surface area (Å²) in [6, 6.07) is 0. The topological polar surface area (TPSA) is 84.2 Å². The summed E-state index contributed by atoms with van der Waals surface area (Å²) in [5.74, 6) is 1.42. The van der Waals surface area contributed by atoms with E-state index in [4.69, 9.17) is 0 Å². The molecule has 1 fully saturated rings. The van der Waals surface area contributed by atoms with Gasteiger partial charge < -0.3 is 10.2 Å². The first-order chi connectivity index (χ1) is 10.2. The van der Waals surface area contributed by atoms with E-state index in [1.807, 2.05) is 11.8 Å². The van der Waals surface area contributed by atoms with Gasteiger partial charge in [0.05, 0.1) is 4.92 Å². The number of rotatable bonds is 9. The van der Waals surface area contributed by atoms with E-state index in [1.54, 1.807) is 0 Å². The first-order valence-corrected chi connectivity index (χ1v) is 7.65. The first kappa shape index (κ1) is 15.5. The molecule has 0 amide bonds. The molecule has 0 atom stereocenters. The summed E-state index contributed by atoms with van der Waals surface area (Å²) >= 11 is 0.